The topological polar surface area (TPSA) is 47.3 Å². The van der Waals surface area contributed by atoms with Crippen molar-refractivity contribution in [1.82, 2.24) is 0 Å². The number of anilines is 1. The Labute approximate surface area is 126 Å². The Morgan fingerprint density at radius 3 is 2.58 bits per heavy atom. The lowest BCUT2D eigenvalue weighted by molar-refractivity contribution is 0.483. The lowest BCUT2D eigenvalue weighted by Gasteiger charge is -2.10. The summed E-state index contributed by atoms with van der Waals surface area (Å²) in [5.74, 6) is 1.14. The van der Waals surface area contributed by atoms with Gasteiger partial charge in [0.15, 0.2) is 5.11 Å². The van der Waals surface area contributed by atoms with Gasteiger partial charge in [-0.3, -0.25) is 0 Å². The summed E-state index contributed by atoms with van der Waals surface area (Å²) in [6, 6.07) is 12.2. The second-order valence-electron chi connectivity index (χ2n) is 3.69. The number of nitrogens with one attached hydrogen (secondary N) is 1. The molecule has 2 aromatic carbocycles. The van der Waals surface area contributed by atoms with E-state index < -0.39 is 0 Å². The third kappa shape index (κ3) is 3.99. The fourth-order valence-corrected chi connectivity index (χ4v) is 1.98. The van der Waals surface area contributed by atoms with Crippen LogP contribution in [-0.4, -0.2) is 5.11 Å². The average Bonchev–Trinajstić information content (AvgIpc) is 2.32. The second kappa shape index (κ2) is 6.10. The van der Waals surface area contributed by atoms with Crippen molar-refractivity contribution in [1.29, 1.82) is 0 Å². The molecule has 0 aliphatic carbocycles. The molecule has 0 radical (unpaired) electrons. The Bertz CT molecular complexity index is 619. The van der Waals surface area contributed by atoms with Crippen LogP contribution in [0.2, 0.25) is 10.0 Å². The van der Waals surface area contributed by atoms with Crippen molar-refractivity contribution in [3.05, 3.63) is 52.5 Å². The highest BCUT2D eigenvalue weighted by molar-refractivity contribution is 7.80. The molecule has 0 atom stereocenters. The SMILES string of the molecule is NC(=S)Nc1ccc(Oc2cccc(Cl)c2)c(Cl)c1. The number of ether oxygens (including phenoxy) is 1. The molecule has 0 spiro atoms. The predicted molar refractivity (Wildman–Crippen MR) is 83.4 cm³/mol. The summed E-state index contributed by atoms with van der Waals surface area (Å²) in [7, 11) is 0. The van der Waals surface area contributed by atoms with Crippen molar-refractivity contribution in [3.8, 4) is 11.5 Å². The van der Waals surface area contributed by atoms with Crippen molar-refractivity contribution in [2.45, 2.75) is 0 Å². The first kappa shape index (κ1) is 13.9. The van der Waals surface area contributed by atoms with Crippen LogP contribution >= 0.6 is 35.4 Å². The number of benzene rings is 2. The van der Waals surface area contributed by atoms with E-state index in [0.29, 0.717) is 27.2 Å². The fraction of sp³-hybridized carbons (Fsp3) is 0. The molecule has 0 saturated heterocycles. The van der Waals surface area contributed by atoms with Crippen molar-refractivity contribution in [2.24, 2.45) is 5.73 Å². The van der Waals surface area contributed by atoms with Crippen LogP contribution in [0.3, 0.4) is 0 Å². The summed E-state index contributed by atoms with van der Waals surface area (Å²) in [4.78, 5) is 0. The van der Waals surface area contributed by atoms with Gasteiger partial charge in [0.1, 0.15) is 11.5 Å². The Balaban J connectivity index is 2.19. The van der Waals surface area contributed by atoms with Gasteiger partial charge in [0.25, 0.3) is 0 Å². The van der Waals surface area contributed by atoms with E-state index in [4.69, 9.17) is 45.9 Å². The summed E-state index contributed by atoms with van der Waals surface area (Å²) in [6.07, 6.45) is 0. The first-order valence-electron chi connectivity index (χ1n) is 5.34. The standard InChI is InChI=1S/C13H10Cl2N2OS/c14-8-2-1-3-10(6-8)18-12-5-4-9(7-11(12)15)17-13(16)19/h1-7H,(H3,16,17,19). The second-order valence-corrected chi connectivity index (χ2v) is 4.98. The van der Waals surface area contributed by atoms with Gasteiger partial charge < -0.3 is 15.8 Å². The van der Waals surface area contributed by atoms with Gasteiger partial charge >= 0.3 is 0 Å². The zero-order valence-electron chi connectivity index (χ0n) is 9.69. The minimum Gasteiger partial charge on any atom is -0.456 e. The van der Waals surface area contributed by atoms with Crippen molar-refractivity contribution >= 4 is 46.2 Å². The Morgan fingerprint density at radius 1 is 1.16 bits per heavy atom. The lowest BCUT2D eigenvalue weighted by Crippen LogP contribution is -2.18. The van der Waals surface area contributed by atoms with E-state index >= 15 is 0 Å². The van der Waals surface area contributed by atoms with Crippen LogP contribution in [0.5, 0.6) is 11.5 Å². The van der Waals surface area contributed by atoms with Crippen LogP contribution in [0.1, 0.15) is 0 Å². The number of rotatable bonds is 3. The quantitative estimate of drug-likeness (QED) is 0.822. The molecule has 0 aliphatic heterocycles. The van der Waals surface area contributed by atoms with Gasteiger partial charge in [-0.05, 0) is 48.6 Å². The maximum atomic E-state index is 6.12. The molecule has 0 heterocycles. The number of hydrogen-bond donors (Lipinski definition) is 2. The molecule has 0 bridgehead atoms. The van der Waals surface area contributed by atoms with Gasteiger partial charge in [-0.15, -0.1) is 0 Å². The molecular weight excluding hydrogens is 303 g/mol. The van der Waals surface area contributed by atoms with Crippen LogP contribution in [0.4, 0.5) is 5.69 Å². The lowest BCUT2D eigenvalue weighted by atomic mass is 10.3. The maximum absolute atomic E-state index is 6.12. The van der Waals surface area contributed by atoms with Crippen LogP contribution in [0, 0.1) is 0 Å². The number of halogens is 2. The minimum atomic E-state index is 0.180. The first-order chi connectivity index (χ1) is 9.04. The van der Waals surface area contributed by atoms with E-state index in [1.165, 1.54) is 0 Å². The third-order valence-corrected chi connectivity index (χ3v) is 2.86. The molecule has 0 saturated carbocycles. The molecule has 98 valence electrons. The summed E-state index contributed by atoms with van der Waals surface area (Å²) in [6.45, 7) is 0. The first-order valence-corrected chi connectivity index (χ1v) is 6.50. The van der Waals surface area contributed by atoms with E-state index in [0.717, 1.165) is 0 Å². The Morgan fingerprint density at radius 2 is 1.95 bits per heavy atom. The van der Waals surface area contributed by atoms with E-state index in [-0.39, 0.29) is 5.11 Å². The highest BCUT2D eigenvalue weighted by Crippen LogP contribution is 2.32. The summed E-state index contributed by atoms with van der Waals surface area (Å²) < 4.78 is 5.64. The van der Waals surface area contributed by atoms with E-state index in [1.807, 2.05) is 0 Å². The monoisotopic (exact) mass is 312 g/mol. The van der Waals surface area contributed by atoms with Crippen molar-refractivity contribution in [2.75, 3.05) is 5.32 Å². The maximum Gasteiger partial charge on any atom is 0.168 e. The van der Waals surface area contributed by atoms with Crippen LogP contribution in [0.25, 0.3) is 0 Å². The van der Waals surface area contributed by atoms with Gasteiger partial charge in [-0.2, -0.15) is 0 Å². The molecule has 2 rings (SSSR count). The fourth-order valence-electron chi connectivity index (χ4n) is 1.46. The minimum absolute atomic E-state index is 0.180. The predicted octanol–water partition coefficient (Wildman–Crippen LogP) is 4.44. The largest absolute Gasteiger partial charge is 0.456 e. The summed E-state index contributed by atoms with van der Waals surface area (Å²) in [5.41, 5.74) is 6.09. The van der Waals surface area contributed by atoms with E-state index in [9.17, 15) is 0 Å². The zero-order valence-corrected chi connectivity index (χ0v) is 12.0. The van der Waals surface area contributed by atoms with Crippen LogP contribution < -0.4 is 15.8 Å². The van der Waals surface area contributed by atoms with Gasteiger partial charge in [-0.25, -0.2) is 0 Å². The van der Waals surface area contributed by atoms with Gasteiger partial charge in [0.2, 0.25) is 0 Å². The highest BCUT2D eigenvalue weighted by Gasteiger charge is 2.05. The molecule has 0 aromatic heterocycles. The smallest absolute Gasteiger partial charge is 0.168 e. The molecular formula is C13H10Cl2N2OS. The van der Waals surface area contributed by atoms with Gasteiger partial charge in [0, 0.05) is 10.7 Å². The molecule has 0 aliphatic rings. The van der Waals surface area contributed by atoms with Crippen molar-refractivity contribution < 1.29 is 4.74 Å². The average molecular weight is 313 g/mol. The summed E-state index contributed by atoms with van der Waals surface area (Å²) in [5, 5.41) is 4.02. The normalized spacial score (nSPS) is 10.0. The highest BCUT2D eigenvalue weighted by atomic mass is 35.5. The van der Waals surface area contributed by atoms with Crippen LogP contribution in [-0.2, 0) is 0 Å². The Kier molecular flexibility index (Phi) is 4.47. The van der Waals surface area contributed by atoms with E-state index in [2.05, 4.69) is 5.32 Å². The third-order valence-electron chi connectivity index (χ3n) is 2.22. The molecule has 2 aromatic rings. The number of hydrogen-bond acceptors (Lipinski definition) is 2. The summed E-state index contributed by atoms with van der Waals surface area (Å²) >= 11 is 16.8. The number of thiocarbonyl (C=S) groups is 1. The molecule has 0 amide bonds. The van der Waals surface area contributed by atoms with E-state index in [1.54, 1.807) is 42.5 Å². The molecule has 19 heavy (non-hydrogen) atoms. The molecule has 3 nitrogen and oxygen atoms in total. The van der Waals surface area contributed by atoms with Crippen LogP contribution in [0.15, 0.2) is 42.5 Å². The molecule has 0 unspecified atom stereocenters. The number of nitrogens with two attached hydrogens (primary N) is 1. The zero-order chi connectivity index (χ0) is 13.8. The van der Waals surface area contributed by atoms with Crippen molar-refractivity contribution in [3.63, 3.8) is 0 Å². The molecule has 0 fully saturated rings. The molecule has 3 N–H and O–H groups in total. The molecule has 6 heteroatoms. The Hall–Kier alpha value is -1.49. The van der Waals surface area contributed by atoms with Gasteiger partial charge in [0.05, 0.1) is 5.02 Å². The van der Waals surface area contributed by atoms with Gasteiger partial charge in [-0.1, -0.05) is 29.3 Å².